The third-order valence-electron chi connectivity index (χ3n) is 6.59. The van der Waals surface area contributed by atoms with Crippen LogP contribution in [-0.2, 0) is 22.0 Å². The number of rotatable bonds is 5. The Kier molecular flexibility index (Phi) is 5.14. The van der Waals surface area contributed by atoms with Gasteiger partial charge >= 0.3 is 5.97 Å². The van der Waals surface area contributed by atoms with E-state index in [-0.39, 0.29) is 16.7 Å². The van der Waals surface area contributed by atoms with Crippen LogP contribution in [0.1, 0.15) is 82.6 Å². The van der Waals surface area contributed by atoms with E-state index >= 15 is 0 Å². The smallest absolute Gasteiger partial charge is 0.331 e. The maximum atomic E-state index is 11.4. The first kappa shape index (κ1) is 19.9. The van der Waals surface area contributed by atoms with Gasteiger partial charge in [0.05, 0.1) is 0 Å². The Hall–Kier alpha value is -1.83. The molecule has 1 saturated carbocycles. The summed E-state index contributed by atoms with van der Waals surface area (Å²) in [5.41, 5.74) is 7.94. The highest BCUT2D eigenvalue weighted by Gasteiger charge is 2.37. The van der Waals surface area contributed by atoms with Gasteiger partial charge in [-0.25, -0.2) is 4.79 Å². The quantitative estimate of drug-likeness (QED) is 0.494. The number of allylic oxidation sites excluding steroid dienone is 3. The van der Waals surface area contributed by atoms with Gasteiger partial charge < -0.3 is 5.11 Å². The van der Waals surface area contributed by atoms with Crippen LogP contribution in [0.2, 0.25) is 0 Å². The molecule has 146 valence electrons. The van der Waals surface area contributed by atoms with E-state index in [4.69, 9.17) is 0 Å². The molecule has 2 heteroatoms. The van der Waals surface area contributed by atoms with Gasteiger partial charge in [0.2, 0.25) is 0 Å². The Labute approximate surface area is 164 Å². The highest BCUT2D eigenvalue weighted by molar-refractivity contribution is 5.88. The Balaban J connectivity index is 1.90. The lowest BCUT2D eigenvalue weighted by Crippen LogP contribution is -2.34. The van der Waals surface area contributed by atoms with Crippen molar-refractivity contribution in [2.75, 3.05) is 0 Å². The van der Waals surface area contributed by atoms with E-state index in [1.165, 1.54) is 40.7 Å². The number of aryl methyl sites for hydroxylation is 1. The molecule has 0 spiro atoms. The van der Waals surface area contributed by atoms with E-state index in [2.05, 4.69) is 53.7 Å². The fourth-order valence-electron chi connectivity index (χ4n) is 4.33. The van der Waals surface area contributed by atoms with Crippen LogP contribution < -0.4 is 0 Å². The zero-order valence-electron chi connectivity index (χ0n) is 17.8. The Morgan fingerprint density at radius 3 is 2.15 bits per heavy atom. The van der Waals surface area contributed by atoms with E-state index < -0.39 is 5.97 Å². The molecule has 1 fully saturated rings. The van der Waals surface area contributed by atoms with Crippen LogP contribution in [0, 0.1) is 12.8 Å². The van der Waals surface area contributed by atoms with Gasteiger partial charge in [-0.15, -0.1) is 0 Å². The second-order valence-corrected chi connectivity index (χ2v) is 9.98. The minimum Gasteiger partial charge on any atom is -0.478 e. The molecular weight excluding hydrogens is 332 g/mol. The summed E-state index contributed by atoms with van der Waals surface area (Å²) in [6.07, 6.45) is 9.19. The molecule has 0 bridgehead atoms. The topological polar surface area (TPSA) is 37.3 Å². The standard InChI is InChI=1S/C25H34O2/c1-16(7-10-20(23(26)27)18-8-9-18)13-19-15-22-21(14-17(19)2)24(3,4)11-12-25(22,5)6/h7,10,14-15,18H,8-9,11-13H2,1-6H3,(H,26,27)/b16-7+,20-10+. The predicted molar refractivity (Wildman–Crippen MR) is 112 cm³/mol. The van der Waals surface area contributed by atoms with Crippen molar-refractivity contribution in [2.45, 2.75) is 84.5 Å². The molecule has 1 aromatic rings. The van der Waals surface area contributed by atoms with Crippen molar-refractivity contribution in [3.63, 3.8) is 0 Å². The van der Waals surface area contributed by atoms with Crippen molar-refractivity contribution in [3.05, 3.63) is 57.7 Å². The van der Waals surface area contributed by atoms with Gasteiger partial charge in [0.1, 0.15) is 0 Å². The zero-order valence-corrected chi connectivity index (χ0v) is 17.8. The third-order valence-corrected chi connectivity index (χ3v) is 6.59. The van der Waals surface area contributed by atoms with Crippen LogP contribution in [0.5, 0.6) is 0 Å². The molecule has 0 aromatic heterocycles. The molecule has 0 unspecified atom stereocenters. The van der Waals surface area contributed by atoms with E-state index in [0.717, 1.165) is 19.3 Å². The lowest BCUT2D eigenvalue weighted by molar-refractivity contribution is -0.132. The molecule has 0 saturated heterocycles. The van der Waals surface area contributed by atoms with Gasteiger partial charge in [-0.2, -0.15) is 0 Å². The number of carbonyl (C=O) groups is 1. The van der Waals surface area contributed by atoms with Crippen molar-refractivity contribution in [3.8, 4) is 0 Å². The summed E-state index contributed by atoms with van der Waals surface area (Å²) in [5.74, 6) is -0.504. The van der Waals surface area contributed by atoms with Gasteiger partial charge in [-0.1, -0.05) is 57.6 Å². The lowest BCUT2D eigenvalue weighted by atomic mass is 9.62. The molecule has 0 heterocycles. The van der Waals surface area contributed by atoms with Gasteiger partial charge in [-0.05, 0) is 85.0 Å². The molecule has 2 aliphatic carbocycles. The van der Waals surface area contributed by atoms with Gasteiger partial charge in [0.15, 0.2) is 0 Å². The zero-order chi connectivity index (χ0) is 20.0. The molecule has 3 rings (SSSR count). The third kappa shape index (κ3) is 4.20. The number of benzene rings is 1. The average molecular weight is 367 g/mol. The van der Waals surface area contributed by atoms with E-state index in [1.807, 2.05) is 12.2 Å². The molecule has 2 aliphatic rings. The first-order chi connectivity index (χ1) is 12.5. The number of carboxylic acid groups (broad SMARTS) is 1. The second kappa shape index (κ2) is 6.96. The summed E-state index contributed by atoms with van der Waals surface area (Å²) < 4.78 is 0. The van der Waals surface area contributed by atoms with Gasteiger partial charge in [0, 0.05) is 5.57 Å². The van der Waals surface area contributed by atoms with Crippen molar-refractivity contribution in [1.82, 2.24) is 0 Å². The molecule has 1 N–H and O–H groups in total. The first-order valence-corrected chi connectivity index (χ1v) is 10.3. The minimum atomic E-state index is -0.768. The summed E-state index contributed by atoms with van der Waals surface area (Å²) in [5, 5.41) is 9.37. The molecule has 0 atom stereocenters. The van der Waals surface area contributed by atoms with Crippen molar-refractivity contribution in [2.24, 2.45) is 5.92 Å². The van der Waals surface area contributed by atoms with Crippen LogP contribution in [0.15, 0.2) is 35.4 Å². The number of hydrogen-bond acceptors (Lipinski definition) is 1. The molecule has 2 nitrogen and oxygen atoms in total. The van der Waals surface area contributed by atoms with Crippen LogP contribution in [0.4, 0.5) is 0 Å². The minimum absolute atomic E-state index is 0.216. The summed E-state index contributed by atoms with van der Waals surface area (Å²) in [4.78, 5) is 11.4. The van der Waals surface area contributed by atoms with Gasteiger partial charge in [0.25, 0.3) is 0 Å². The number of fused-ring (bicyclic) bond motifs is 1. The summed E-state index contributed by atoms with van der Waals surface area (Å²) in [7, 11) is 0. The SMILES string of the molecule is C/C(=C\C=C(\C(=O)O)C1CC1)Cc1cc2c(cc1C)C(C)(C)CCC2(C)C. The predicted octanol–water partition coefficient (Wildman–Crippen LogP) is 6.25. The Bertz CT molecular complexity index is 817. The lowest BCUT2D eigenvalue weighted by Gasteiger charge is -2.42. The number of aliphatic carboxylic acids is 1. The fourth-order valence-corrected chi connectivity index (χ4v) is 4.33. The molecule has 27 heavy (non-hydrogen) atoms. The highest BCUT2D eigenvalue weighted by Crippen LogP contribution is 2.46. The second-order valence-electron chi connectivity index (χ2n) is 9.98. The summed E-state index contributed by atoms with van der Waals surface area (Å²) in [6.45, 7) is 13.8. The van der Waals surface area contributed by atoms with Crippen molar-refractivity contribution < 1.29 is 9.90 Å². The average Bonchev–Trinajstić information content (AvgIpc) is 3.38. The number of hydrogen-bond donors (Lipinski definition) is 1. The monoisotopic (exact) mass is 366 g/mol. The van der Waals surface area contributed by atoms with E-state index in [0.29, 0.717) is 5.57 Å². The highest BCUT2D eigenvalue weighted by atomic mass is 16.4. The van der Waals surface area contributed by atoms with Gasteiger partial charge in [-0.3, -0.25) is 0 Å². The molecule has 0 aliphatic heterocycles. The van der Waals surface area contributed by atoms with Crippen molar-refractivity contribution >= 4 is 5.97 Å². The maximum absolute atomic E-state index is 11.4. The van der Waals surface area contributed by atoms with Crippen LogP contribution in [-0.4, -0.2) is 11.1 Å². The van der Waals surface area contributed by atoms with E-state index in [9.17, 15) is 9.90 Å². The molecule has 0 radical (unpaired) electrons. The molecule has 0 amide bonds. The largest absolute Gasteiger partial charge is 0.478 e. The normalized spacial score (nSPS) is 21.7. The van der Waals surface area contributed by atoms with Crippen LogP contribution in [0.3, 0.4) is 0 Å². The first-order valence-electron chi connectivity index (χ1n) is 10.3. The van der Waals surface area contributed by atoms with Crippen LogP contribution >= 0.6 is 0 Å². The van der Waals surface area contributed by atoms with E-state index in [1.54, 1.807) is 0 Å². The molecule has 1 aromatic carbocycles. The Morgan fingerprint density at radius 2 is 1.63 bits per heavy atom. The Morgan fingerprint density at radius 1 is 1.07 bits per heavy atom. The number of carboxylic acids is 1. The summed E-state index contributed by atoms with van der Waals surface area (Å²) >= 11 is 0. The maximum Gasteiger partial charge on any atom is 0.331 e. The van der Waals surface area contributed by atoms with Crippen LogP contribution in [0.25, 0.3) is 0 Å². The van der Waals surface area contributed by atoms with Crippen molar-refractivity contribution in [1.29, 1.82) is 0 Å². The summed E-state index contributed by atoms with van der Waals surface area (Å²) in [6, 6.07) is 4.83. The fraction of sp³-hybridized carbons (Fsp3) is 0.560. The molecular formula is C25H34O2.